The van der Waals surface area contributed by atoms with Crippen molar-refractivity contribution in [3.8, 4) is 11.5 Å². The van der Waals surface area contributed by atoms with Gasteiger partial charge in [-0.15, -0.1) is 0 Å². The third kappa shape index (κ3) is 2.37. The molecule has 1 saturated carbocycles. The van der Waals surface area contributed by atoms with Crippen LogP contribution in [-0.4, -0.2) is 21.9 Å². The van der Waals surface area contributed by atoms with Crippen molar-refractivity contribution in [3.63, 3.8) is 0 Å². The first-order chi connectivity index (χ1) is 10.7. The van der Waals surface area contributed by atoms with Crippen LogP contribution in [0.5, 0.6) is 11.5 Å². The minimum atomic E-state index is -0.893. The van der Waals surface area contributed by atoms with E-state index in [1.54, 1.807) is 0 Å². The van der Waals surface area contributed by atoms with Crippen LogP contribution in [0, 0.1) is 5.41 Å². The molecule has 23 heavy (non-hydrogen) atoms. The minimum absolute atomic E-state index is 0.0607. The van der Waals surface area contributed by atoms with Crippen LogP contribution in [0.25, 0.3) is 0 Å². The Morgan fingerprint density at radius 2 is 2.04 bits per heavy atom. The molecule has 0 radical (unpaired) electrons. The highest BCUT2D eigenvalue weighted by Crippen LogP contribution is 2.61. The summed E-state index contributed by atoms with van der Waals surface area (Å²) < 4.78 is 6.19. The average Bonchev–Trinajstić information content (AvgIpc) is 2.86. The van der Waals surface area contributed by atoms with Gasteiger partial charge in [0.15, 0.2) is 0 Å². The number of phenols is 1. The molecule has 0 aromatic heterocycles. The number of aryl methyl sites for hydroxylation is 1. The summed E-state index contributed by atoms with van der Waals surface area (Å²) >= 11 is 0. The molecule has 4 atom stereocenters. The lowest BCUT2D eigenvalue weighted by Crippen LogP contribution is -2.53. The number of aliphatic hydroxyl groups is 1. The van der Waals surface area contributed by atoms with Gasteiger partial charge in [0.05, 0.1) is 5.60 Å². The standard InChI is InChI=1S/C20H28O3/c1-6-7-13-10-14(21)16-15(11-13)23-18-17(16)19(4,12(2)3)8-9-20(18,5)22/h10-11,17-18,21-22H,2,6-9H2,1,3-5H3/t17-,18+,19+,20+/m1/s1. The van der Waals surface area contributed by atoms with Gasteiger partial charge in [-0.05, 0) is 56.2 Å². The van der Waals surface area contributed by atoms with Gasteiger partial charge in [0, 0.05) is 11.5 Å². The molecule has 3 nitrogen and oxygen atoms in total. The van der Waals surface area contributed by atoms with Crippen molar-refractivity contribution in [2.24, 2.45) is 5.41 Å². The van der Waals surface area contributed by atoms with Gasteiger partial charge in [-0.3, -0.25) is 0 Å². The topological polar surface area (TPSA) is 49.7 Å². The maximum atomic E-state index is 10.9. The van der Waals surface area contributed by atoms with Crippen molar-refractivity contribution in [2.45, 2.75) is 71.0 Å². The molecule has 1 aliphatic heterocycles. The molecule has 3 rings (SSSR count). The number of fused-ring (bicyclic) bond motifs is 3. The molecular weight excluding hydrogens is 288 g/mol. The lowest BCUT2D eigenvalue weighted by atomic mass is 9.57. The molecule has 0 spiro atoms. The van der Waals surface area contributed by atoms with Crippen LogP contribution in [0.2, 0.25) is 0 Å². The van der Waals surface area contributed by atoms with Crippen LogP contribution in [0.4, 0.5) is 0 Å². The van der Waals surface area contributed by atoms with E-state index in [-0.39, 0.29) is 17.4 Å². The van der Waals surface area contributed by atoms with Gasteiger partial charge in [-0.25, -0.2) is 0 Å². The molecular formula is C20H28O3. The number of hydrogen-bond acceptors (Lipinski definition) is 3. The van der Waals surface area contributed by atoms with E-state index < -0.39 is 5.60 Å². The lowest BCUT2D eigenvalue weighted by Gasteiger charge is -2.49. The molecule has 2 N–H and O–H groups in total. The van der Waals surface area contributed by atoms with Crippen molar-refractivity contribution >= 4 is 0 Å². The first-order valence-electron chi connectivity index (χ1n) is 8.61. The molecule has 3 heteroatoms. The van der Waals surface area contributed by atoms with E-state index in [9.17, 15) is 10.2 Å². The number of ether oxygens (including phenoxy) is 1. The van der Waals surface area contributed by atoms with Gasteiger partial charge >= 0.3 is 0 Å². The van der Waals surface area contributed by atoms with Crippen molar-refractivity contribution in [1.82, 2.24) is 0 Å². The van der Waals surface area contributed by atoms with Gasteiger partial charge < -0.3 is 14.9 Å². The summed E-state index contributed by atoms with van der Waals surface area (Å²) in [6.45, 7) is 12.4. The molecule has 0 saturated heterocycles. The van der Waals surface area contributed by atoms with E-state index in [1.807, 2.05) is 26.0 Å². The monoisotopic (exact) mass is 316 g/mol. The predicted octanol–water partition coefficient (Wildman–Crippen LogP) is 4.32. The first-order valence-corrected chi connectivity index (χ1v) is 8.61. The van der Waals surface area contributed by atoms with E-state index in [1.165, 1.54) is 0 Å². The number of rotatable bonds is 3. The molecule has 1 aliphatic carbocycles. The lowest BCUT2D eigenvalue weighted by molar-refractivity contribution is -0.0990. The fraction of sp³-hybridized carbons (Fsp3) is 0.600. The number of allylic oxidation sites excluding steroid dienone is 1. The average molecular weight is 316 g/mol. The maximum absolute atomic E-state index is 10.9. The zero-order valence-corrected chi connectivity index (χ0v) is 14.6. The molecule has 0 bridgehead atoms. The second kappa shape index (κ2) is 5.27. The molecule has 1 fully saturated rings. The summed E-state index contributed by atoms with van der Waals surface area (Å²) in [5, 5.41) is 21.5. The van der Waals surface area contributed by atoms with Crippen molar-refractivity contribution in [2.75, 3.05) is 0 Å². The first kappa shape index (κ1) is 16.4. The Morgan fingerprint density at radius 3 is 2.65 bits per heavy atom. The van der Waals surface area contributed by atoms with Crippen molar-refractivity contribution < 1.29 is 14.9 Å². The van der Waals surface area contributed by atoms with Gasteiger partial charge in [-0.1, -0.05) is 32.4 Å². The van der Waals surface area contributed by atoms with Crippen LogP contribution >= 0.6 is 0 Å². The molecule has 1 aromatic rings. The van der Waals surface area contributed by atoms with E-state index in [2.05, 4.69) is 20.4 Å². The number of benzene rings is 1. The zero-order valence-electron chi connectivity index (χ0n) is 14.6. The van der Waals surface area contributed by atoms with Crippen LogP contribution in [0.15, 0.2) is 24.3 Å². The Hall–Kier alpha value is -1.48. The Kier molecular flexibility index (Phi) is 3.75. The third-order valence-corrected chi connectivity index (χ3v) is 6.01. The summed E-state index contributed by atoms with van der Waals surface area (Å²) in [5.74, 6) is 0.969. The van der Waals surface area contributed by atoms with E-state index in [0.29, 0.717) is 12.2 Å². The number of phenolic OH excluding ortho intramolecular Hbond substituents is 1. The number of hydrogen-bond donors (Lipinski definition) is 2. The third-order valence-electron chi connectivity index (χ3n) is 6.01. The summed E-state index contributed by atoms with van der Waals surface area (Å²) in [4.78, 5) is 0. The molecule has 126 valence electrons. The molecule has 1 aromatic carbocycles. The van der Waals surface area contributed by atoms with E-state index in [0.717, 1.165) is 41.7 Å². The maximum Gasteiger partial charge on any atom is 0.135 e. The molecule has 1 heterocycles. The second-order valence-electron chi connectivity index (χ2n) is 7.85. The smallest absolute Gasteiger partial charge is 0.135 e. The van der Waals surface area contributed by atoms with Gasteiger partial charge in [-0.2, -0.15) is 0 Å². The summed E-state index contributed by atoms with van der Waals surface area (Å²) in [6.07, 6.45) is 3.11. The molecule has 0 unspecified atom stereocenters. The van der Waals surface area contributed by atoms with E-state index >= 15 is 0 Å². The SMILES string of the molecule is C=C(C)[C@]1(C)CC[C@](C)(O)[C@H]2Oc3cc(CCC)cc(O)c3[C@H]21. The highest BCUT2D eigenvalue weighted by molar-refractivity contribution is 5.55. The van der Waals surface area contributed by atoms with Gasteiger partial charge in [0.25, 0.3) is 0 Å². The quantitative estimate of drug-likeness (QED) is 0.817. The van der Waals surface area contributed by atoms with E-state index in [4.69, 9.17) is 4.74 Å². The van der Waals surface area contributed by atoms with Crippen molar-refractivity contribution in [1.29, 1.82) is 0 Å². The van der Waals surface area contributed by atoms with Crippen LogP contribution in [-0.2, 0) is 6.42 Å². The van der Waals surface area contributed by atoms with Crippen molar-refractivity contribution in [3.05, 3.63) is 35.4 Å². The number of aromatic hydroxyl groups is 1. The molecule has 2 aliphatic rings. The Bertz CT molecular complexity index is 647. The fourth-order valence-electron chi connectivity index (χ4n) is 4.29. The highest BCUT2D eigenvalue weighted by Gasteiger charge is 2.58. The van der Waals surface area contributed by atoms with Crippen LogP contribution in [0.3, 0.4) is 0 Å². The minimum Gasteiger partial charge on any atom is -0.508 e. The second-order valence-corrected chi connectivity index (χ2v) is 7.85. The van der Waals surface area contributed by atoms with Gasteiger partial charge in [0.2, 0.25) is 0 Å². The largest absolute Gasteiger partial charge is 0.508 e. The Morgan fingerprint density at radius 1 is 1.35 bits per heavy atom. The molecule has 0 amide bonds. The predicted molar refractivity (Wildman–Crippen MR) is 92.0 cm³/mol. The Labute approximate surface area is 139 Å². The van der Waals surface area contributed by atoms with Crippen LogP contribution in [0.1, 0.15) is 64.0 Å². The zero-order chi connectivity index (χ0) is 17.0. The summed E-state index contributed by atoms with van der Waals surface area (Å²) in [7, 11) is 0. The van der Waals surface area contributed by atoms with Crippen LogP contribution < -0.4 is 4.74 Å². The normalized spacial score (nSPS) is 35.3. The summed E-state index contributed by atoms with van der Waals surface area (Å²) in [6, 6.07) is 3.89. The Balaban J connectivity index is 2.15. The fourth-order valence-corrected chi connectivity index (χ4v) is 4.29. The van der Waals surface area contributed by atoms with Gasteiger partial charge in [0.1, 0.15) is 17.6 Å². The summed E-state index contributed by atoms with van der Waals surface area (Å²) in [5.41, 5.74) is 1.94. The highest BCUT2D eigenvalue weighted by atomic mass is 16.5.